The van der Waals surface area contributed by atoms with Crippen LogP contribution in [0.1, 0.15) is 27.3 Å². The van der Waals surface area contributed by atoms with Crippen molar-refractivity contribution in [2.24, 2.45) is 7.05 Å². The van der Waals surface area contributed by atoms with Gasteiger partial charge in [0.1, 0.15) is 17.2 Å². The Morgan fingerprint density at radius 2 is 1.93 bits per heavy atom. The number of non-ortho nitro benzene ring substituents is 1. The number of nitrogens with zero attached hydrogens (tertiary/aromatic N) is 3. The van der Waals surface area contributed by atoms with Gasteiger partial charge in [-0.15, -0.1) is 0 Å². The number of nitro benzene ring substituents is 1. The molecule has 0 atom stereocenters. The number of nitrogens with one attached hydrogen (secondary N) is 1. The number of aromatic nitrogens is 2. The molecule has 1 N–H and O–H groups in total. The predicted molar refractivity (Wildman–Crippen MR) is 110 cm³/mol. The highest BCUT2D eigenvalue weighted by Gasteiger charge is 2.20. The van der Waals surface area contributed by atoms with Crippen LogP contribution in [0.2, 0.25) is 5.02 Å². The first-order chi connectivity index (χ1) is 13.7. The third-order valence-electron chi connectivity index (χ3n) is 4.30. The Morgan fingerprint density at radius 3 is 2.55 bits per heavy atom. The second kappa shape index (κ2) is 7.92. The van der Waals surface area contributed by atoms with E-state index in [1.807, 2.05) is 32.0 Å². The minimum atomic E-state index is -0.549. The second-order valence-corrected chi connectivity index (χ2v) is 7.05. The number of halogens is 1. The summed E-state index contributed by atoms with van der Waals surface area (Å²) in [6.07, 6.45) is 0. The lowest BCUT2D eigenvalue weighted by Crippen LogP contribution is -2.16. The highest BCUT2D eigenvalue weighted by atomic mass is 35.5. The van der Waals surface area contributed by atoms with E-state index < -0.39 is 10.8 Å². The summed E-state index contributed by atoms with van der Waals surface area (Å²) in [6.45, 7) is 5.48. The molecule has 1 heterocycles. The van der Waals surface area contributed by atoms with Crippen molar-refractivity contribution in [1.82, 2.24) is 9.78 Å². The Balaban J connectivity index is 1.95. The number of anilines is 1. The van der Waals surface area contributed by atoms with Gasteiger partial charge in [-0.05, 0) is 38.0 Å². The van der Waals surface area contributed by atoms with Crippen LogP contribution in [0, 0.1) is 30.9 Å². The fourth-order valence-electron chi connectivity index (χ4n) is 2.83. The van der Waals surface area contributed by atoms with Gasteiger partial charge in [-0.3, -0.25) is 19.6 Å². The number of hydrogen-bond donors (Lipinski definition) is 1. The molecule has 0 aliphatic heterocycles. The van der Waals surface area contributed by atoms with E-state index in [4.69, 9.17) is 16.3 Å². The molecule has 8 nitrogen and oxygen atoms in total. The summed E-state index contributed by atoms with van der Waals surface area (Å²) in [4.78, 5) is 23.5. The van der Waals surface area contributed by atoms with Gasteiger partial charge in [0.05, 0.1) is 27.4 Å². The van der Waals surface area contributed by atoms with Crippen molar-refractivity contribution in [3.8, 4) is 11.5 Å². The van der Waals surface area contributed by atoms with Gasteiger partial charge in [0, 0.05) is 19.2 Å². The van der Waals surface area contributed by atoms with Crippen LogP contribution in [0.3, 0.4) is 0 Å². The quantitative estimate of drug-likeness (QED) is 0.470. The van der Waals surface area contributed by atoms with Crippen molar-refractivity contribution in [2.45, 2.75) is 20.8 Å². The molecule has 3 aromatic rings. The van der Waals surface area contributed by atoms with Crippen molar-refractivity contribution in [3.05, 3.63) is 74.0 Å². The molecule has 3 rings (SSSR count). The number of carbonyl (C=O) groups is 1. The lowest BCUT2D eigenvalue weighted by atomic mass is 10.1. The normalized spacial score (nSPS) is 10.7. The van der Waals surface area contributed by atoms with E-state index in [-0.39, 0.29) is 27.8 Å². The maximum atomic E-state index is 12.7. The number of aryl methyl sites for hydroxylation is 4. The average Bonchev–Trinajstić information content (AvgIpc) is 2.90. The first kappa shape index (κ1) is 20.3. The summed E-state index contributed by atoms with van der Waals surface area (Å²) >= 11 is 6.15. The molecule has 1 amide bonds. The molecule has 0 fully saturated rings. The van der Waals surface area contributed by atoms with Crippen molar-refractivity contribution in [3.63, 3.8) is 0 Å². The van der Waals surface area contributed by atoms with Crippen LogP contribution in [0.25, 0.3) is 0 Å². The van der Waals surface area contributed by atoms with E-state index in [9.17, 15) is 14.9 Å². The van der Waals surface area contributed by atoms with Gasteiger partial charge in [-0.25, -0.2) is 0 Å². The molecule has 0 bridgehead atoms. The zero-order chi connectivity index (χ0) is 21.3. The second-order valence-electron chi connectivity index (χ2n) is 6.67. The van der Waals surface area contributed by atoms with Crippen LogP contribution in [0.15, 0.2) is 36.4 Å². The molecule has 0 radical (unpaired) electrons. The van der Waals surface area contributed by atoms with Crippen LogP contribution < -0.4 is 10.1 Å². The van der Waals surface area contributed by atoms with E-state index in [1.54, 1.807) is 14.0 Å². The number of nitro groups is 1. The van der Waals surface area contributed by atoms with Gasteiger partial charge < -0.3 is 10.1 Å². The molecule has 2 aromatic carbocycles. The highest BCUT2D eigenvalue weighted by Crippen LogP contribution is 2.32. The molecule has 9 heteroatoms. The predicted octanol–water partition coefficient (Wildman–Crippen LogP) is 4.95. The molecule has 0 aliphatic carbocycles. The van der Waals surface area contributed by atoms with Crippen LogP contribution in [-0.4, -0.2) is 20.6 Å². The lowest BCUT2D eigenvalue weighted by molar-refractivity contribution is -0.384. The van der Waals surface area contributed by atoms with Gasteiger partial charge >= 0.3 is 0 Å². The standard InChI is InChI=1S/C20H19ClN4O4/c1-11-5-6-12(2)17(7-11)29-16-9-14(8-15(10-16)25(27)28)22-20(26)19-18(21)13(3)23-24(19)4/h5-10H,1-4H3,(H,22,26). The maximum Gasteiger partial charge on any atom is 0.275 e. The lowest BCUT2D eigenvalue weighted by Gasteiger charge is -2.12. The fourth-order valence-corrected chi connectivity index (χ4v) is 3.08. The SMILES string of the molecule is Cc1ccc(C)c(Oc2cc(NC(=O)c3c(Cl)c(C)nn3C)cc([N+](=O)[O-])c2)c1. The number of rotatable bonds is 5. The summed E-state index contributed by atoms with van der Waals surface area (Å²) in [7, 11) is 1.59. The van der Waals surface area contributed by atoms with Gasteiger partial charge in [-0.2, -0.15) is 5.10 Å². The topological polar surface area (TPSA) is 99.3 Å². The Kier molecular flexibility index (Phi) is 5.56. The van der Waals surface area contributed by atoms with Crippen molar-refractivity contribution in [2.75, 3.05) is 5.32 Å². The smallest absolute Gasteiger partial charge is 0.275 e. The first-order valence-electron chi connectivity index (χ1n) is 8.70. The number of ether oxygens (including phenoxy) is 1. The molecule has 1 aromatic heterocycles. The summed E-state index contributed by atoms with van der Waals surface area (Å²) in [5.41, 5.74) is 2.54. The minimum absolute atomic E-state index is 0.160. The number of hydrogen-bond acceptors (Lipinski definition) is 5. The largest absolute Gasteiger partial charge is 0.457 e. The van der Waals surface area contributed by atoms with E-state index in [0.29, 0.717) is 11.4 Å². The van der Waals surface area contributed by atoms with E-state index in [0.717, 1.165) is 11.1 Å². The Morgan fingerprint density at radius 1 is 1.21 bits per heavy atom. The van der Waals surface area contributed by atoms with Gasteiger partial charge in [0.2, 0.25) is 0 Å². The van der Waals surface area contributed by atoms with Crippen molar-refractivity contribution < 1.29 is 14.5 Å². The molecule has 0 saturated heterocycles. The van der Waals surface area contributed by atoms with Crippen LogP contribution >= 0.6 is 11.6 Å². The Labute approximate surface area is 172 Å². The Hall–Kier alpha value is -3.39. The summed E-state index contributed by atoms with van der Waals surface area (Å²) in [6, 6.07) is 9.76. The fraction of sp³-hybridized carbons (Fsp3) is 0.200. The highest BCUT2D eigenvalue weighted by molar-refractivity contribution is 6.34. The van der Waals surface area contributed by atoms with Crippen LogP contribution in [0.4, 0.5) is 11.4 Å². The Bertz CT molecular complexity index is 1120. The zero-order valence-electron chi connectivity index (χ0n) is 16.3. The molecule has 0 saturated carbocycles. The third kappa shape index (κ3) is 4.38. The van der Waals surface area contributed by atoms with Gasteiger partial charge in [0.25, 0.3) is 11.6 Å². The average molecular weight is 415 g/mol. The molecule has 0 aliphatic rings. The van der Waals surface area contributed by atoms with E-state index >= 15 is 0 Å². The first-order valence-corrected chi connectivity index (χ1v) is 9.08. The molecule has 29 heavy (non-hydrogen) atoms. The molecule has 0 spiro atoms. The molecule has 0 unspecified atom stereocenters. The number of amides is 1. The van der Waals surface area contributed by atoms with Crippen LogP contribution in [-0.2, 0) is 7.05 Å². The summed E-state index contributed by atoms with van der Waals surface area (Å²) in [5, 5.41) is 18.3. The molecular weight excluding hydrogens is 396 g/mol. The minimum Gasteiger partial charge on any atom is -0.457 e. The maximum absolute atomic E-state index is 12.7. The number of benzene rings is 2. The van der Waals surface area contributed by atoms with E-state index in [1.165, 1.54) is 22.9 Å². The number of carbonyl (C=O) groups excluding carboxylic acids is 1. The summed E-state index contributed by atoms with van der Waals surface area (Å²) in [5.74, 6) is 0.278. The molecular formula is C20H19ClN4O4. The summed E-state index contributed by atoms with van der Waals surface area (Å²) < 4.78 is 7.22. The van der Waals surface area contributed by atoms with Gasteiger partial charge in [-0.1, -0.05) is 23.7 Å². The van der Waals surface area contributed by atoms with E-state index in [2.05, 4.69) is 10.4 Å². The zero-order valence-corrected chi connectivity index (χ0v) is 17.1. The van der Waals surface area contributed by atoms with Crippen molar-refractivity contribution in [1.29, 1.82) is 0 Å². The molecule has 150 valence electrons. The monoisotopic (exact) mass is 414 g/mol. The van der Waals surface area contributed by atoms with Crippen LogP contribution in [0.5, 0.6) is 11.5 Å². The van der Waals surface area contributed by atoms with Gasteiger partial charge in [0.15, 0.2) is 0 Å². The van der Waals surface area contributed by atoms with Crippen molar-refractivity contribution >= 4 is 28.9 Å². The third-order valence-corrected chi connectivity index (χ3v) is 4.75.